The lowest BCUT2D eigenvalue weighted by Gasteiger charge is -2.02. The van der Waals surface area contributed by atoms with Crippen molar-refractivity contribution in [2.75, 3.05) is 5.75 Å². The molecule has 5 rings (SSSR count). The Kier molecular flexibility index (Phi) is 5.18. The summed E-state index contributed by atoms with van der Waals surface area (Å²) in [6, 6.07) is 22.4. The number of carbonyl (C=O) groups excluding carboxylic acids is 1. The van der Waals surface area contributed by atoms with Crippen molar-refractivity contribution in [2.24, 2.45) is 5.10 Å². The molecule has 2 N–H and O–H groups in total. The molecule has 154 valence electrons. The number of nitrogens with one attached hydrogen (secondary N) is 2. The Morgan fingerprint density at radius 1 is 1.10 bits per heavy atom. The molecule has 0 saturated heterocycles. The van der Waals surface area contributed by atoms with Gasteiger partial charge in [0.1, 0.15) is 0 Å². The van der Waals surface area contributed by atoms with E-state index in [9.17, 15) is 4.79 Å². The Labute approximate surface area is 183 Å². The molecule has 2 aromatic heterocycles. The second-order valence-electron chi connectivity index (χ2n) is 7.18. The maximum Gasteiger partial charge on any atom is 0.250 e. The Morgan fingerprint density at radius 2 is 1.90 bits per heavy atom. The number of amides is 1. The standard InChI is InChI=1S/C24H21N5OS/c1-2-29-21-10-6-3-7-17(21)18-13-16(11-12-22(18)29)14-25-28-23(30)15-31-24-26-19-8-4-5-9-20(19)27-24/h3-14H,2,15H2,1H3,(H,26,27)(H,28,30)/b25-14+. The van der Waals surface area contributed by atoms with Crippen molar-refractivity contribution in [3.8, 4) is 0 Å². The summed E-state index contributed by atoms with van der Waals surface area (Å²) in [6.45, 7) is 3.07. The predicted octanol–water partition coefficient (Wildman–Crippen LogP) is 4.93. The molecule has 0 radical (unpaired) electrons. The highest BCUT2D eigenvalue weighted by molar-refractivity contribution is 7.99. The van der Waals surface area contributed by atoms with Gasteiger partial charge in [0, 0.05) is 28.4 Å². The molecule has 6 nitrogen and oxygen atoms in total. The number of para-hydroxylation sites is 3. The van der Waals surface area contributed by atoms with E-state index < -0.39 is 0 Å². The molecule has 1 amide bonds. The molecule has 2 heterocycles. The quantitative estimate of drug-likeness (QED) is 0.229. The van der Waals surface area contributed by atoms with Crippen molar-refractivity contribution < 1.29 is 4.79 Å². The number of thioether (sulfide) groups is 1. The highest BCUT2D eigenvalue weighted by Crippen LogP contribution is 2.29. The summed E-state index contributed by atoms with van der Waals surface area (Å²) in [5.41, 5.74) is 7.82. The Morgan fingerprint density at radius 3 is 2.77 bits per heavy atom. The molecule has 3 aromatic carbocycles. The van der Waals surface area contributed by atoms with E-state index in [2.05, 4.69) is 68.4 Å². The van der Waals surface area contributed by atoms with E-state index in [1.54, 1.807) is 6.21 Å². The van der Waals surface area contributed by atoms with E-state index in [4.69, 9.17) is 0 Å². The Balaban J connectivity index is 1.26. The summed E-state index contributed by atoms with van der Waals surface area (Å²) < 4.78 is 2.31. The second kappa shape index (κ2) is 8.28. The second-order valence-corrected chi connectivity index (χ2v) is 8.14. The molecule has 0 unspecified atom stereocenters. The van der Waals surface area contributed by atoms with E-state index in [-0.39, 0.29) is 11.7 Å². The summed E-state index contributed by atoms with van der Waals surface area (Å²) in [7, 11) is 0. The van der Waals surface area contributed by atoms with Gasteiger partial charge in [0.25, 0.3) is 5.91 Å². The number of hydrazone groups is 1. The maximum atomic E-state index is 12.2. The number of imidazole rings is 1. The van der Waals surface area contributed by atoms with Gasteiger partial charge in [0.05, 0.1) is 23.0 Å². The normalized spacial score (nSPS) is 11.8. The molecule has 0 spiro atoms. The topological polar surface area (TPSA) is 75.1 Å². The molecule has 0 aliphatic carbocycles. The van der Waals surface area contributed by atoms with Gasteiger partial charge in [-0.05, 0) is 42.8 Å². The lowest BCUT2D eigenvalue weighted by Crippen LogP contribution is -2.19. The number of benzene rings is 3. The molecule has 0 atom stereocenters. The van der Waals surface area contributed by atoms with Crippen LogP contribution in [0.3, 0.4) is 0 Å². The van der Waals surface area contributed by atoms with E-state index in [0.717, 1.165) is 28.3 Å². The summed E-state index contributed by atoms with van der Waals surface area (Å²) >= 11 is 1.35. The van der Waals surface area contributed by atoms with Crippen LogP contribution in [0.1, 0.15) is 12.5 Å². The van der Waals surface area contributed by atoms with Gasteiger partial charge in [-0.25, -0.2) is 10.4 Å². The van der Waals surface area contributed by atoms with Crippen LogP contribution in [0.2, 0.25) is 0 Å². The molecule has 0 aliphatic rings. The zero-order valence-electron chi connectivity index (χ0n) is 17.0. The zero-order chi connectivity index (χ0) is 21.2. The van der Waals surface area contributed by atoms with Crippen molar-refractivity contribution in [1.82, 2.24) is 20.0 Å². The number of hydrogen-bond acceptors (Lipinski definition) is 4. The van der Waals surface area contributed by atoms with E-state index >= 15 is 0 Å². The van der Waals surface area contributed by atoms with Crippen molar-refractivity contribution in [1.29, 1.82) is 0 Å². The third kappa shape index (κ3) is 3.80. The third-order valence-electron chi connectivity index (χ3n) is 5.22. The number of nitrogens with zero attached hydrogens (tertiary/aromatic N) is 3. The molecule has 5 aromatic rings. The van der Waals surface area contributed by atoms with Crippen molar-refractivity contribution in [2.45, 2.75) is 18.6 Å². The van der Waals surface area contributed by atoms with E-state index in [1.807, 2.05) is 30.3 Å². The van der Waals surface area contributed by atoms with Crippen molar-refractivity contribution >= 4 is 56.7 Å². The lowest BCUT2D eigenvalue weighted by atomic mass is 10.1. The number of fused-ring (bicyclic) bond motifs is 4. The fraction of sp³-hybridized carbons (Fsp3) is 0.125. The minimum Gasteiger partial charge on any atom is -0.341 e. The number of aromatic nitrogens is 3. The van der Waals surface area contributed by atoms with Gasteiger partial charge < -0.3 is 9.55 Å². The van der Waals surface area contributed by atoms with Gasteiger partial charge in [-0.3, -0.25) is 4.79 Å². The van der Waals surface area contributed by atoms with Gasteiger partial charge >= 0.3 is 0 Å². The van der Waals surface area contributed by atoms with Crippen LogP contribution in [0.4, 0.5) is 0 Å². The van der Waals surface area contributed by atoms with Crippen LogP contribution < -0.4 is 5.43 Å². The van der Waals surface area contributed by atoms with Crippen LogP contribution in [0.25, 0.3) is 32.8 Å². The van der Waals surface area contributed by atoms with Gasteiger partial charge in [0.15, 0.2) is 5.16 Å². The van der Waals surface area contributed by atoms with Crippen LogP contribution in [-0.4, -0.2) is 32.4 Å². The molecule has 7 heteroatoms. The summed E-state index contributed by atoms with van der Waals surface area (Å²) in [5, 5.41) is 7.27. The molecule has 0 fully saturated rings. The first-order valence-electron chi connectivity index (χ1n) is 10.1. The number of hydrogen-bond donors (Lipinski definition) is 2. The highest BCUT2D eigenvalue weighted by Gasteiger charge is 2.09. The number of aryl methyl sites for hydroxylation is 1. The monoisotopic (exact) mass is 427 g/mol. The predicted molar refractivity (Wildman–Crippen MR) is 128 cm³/mol. The van der Waals surface area contributed by atoms with Crippen molar-refractivity contribution in [3.05, 3.63) is 72.3 Å². The Bertz CT molecular complexity index is 1400. The number of H-pyrrole nitrogens is 1. The fourth-order valence-corrected chi connectivity index (χ4v) is 4.51. The smallest absolute Gasteiger partial charge is 0.250 e. The fourth-order valence-electron chi connectivity index (χ4n) is 3.84. The largest absolute Gasteiger partial charge is 0.341 e. The van der Waals surface area contributed by atoms with Crippen LogP contribution in [0.15, 0.2) is 77.0 Å². The van der Waals surface area contributed by atoms with E-state index in [1.165, 1.54) is 33.6 Å². The lowest BCUT2D eigenvalue weighted by molar-refractivity contribution is -0.118. The van der Waals surface area contributed by atoms with Crippen LogP contribution >= 0.6 is 11.8 Å². The molecular weight excluding hydrogens is 406 g/mol. The van der Waals surface area contributed by atoms with Gasteiger partial charge in [0.2, 0.25) is 0 Å². The van der Waals surface area contributed by atoms with Gasteiger partial charge in [-0.1, -0.05) is 48.2 Å². The summed E-state index contributed by atoms with van der Waals surface area (Å²) in [6.07, 6.45) is 1.68. The first-order valence-corrected chi connectivity index (χ1v) is 11.1. The highest BCUT2D eigenvalue weighted by atomic mass is 32.2. The molecule has 31 heavy (non-hydrogen) atoms. The molecular formula is C24H21N5OS. The number of rotatable bonds is 6. The number of carbonyl (C=O) groups is 1. The van der Waals surface area contributed by atoms with Crippen LogP contribution in [-0.2, 0) is 11.3 Å². The maximum absolute atomic E-state index is 12.2. The first-order chi connectivity index (χ1) is 15.2. The average molecular weight is 428 g/mol. The molecule has 0 bridgehead atoms. The minimum absolute atomic E-state index is 0.176. The zero-order valence-corrected chi connectivity index (χ0v) is 17.8. The van der Waals surface area contributed by atoms with Crippen LogP contribution in [0, 0.1) is 0 Å². The average Bonchev–Trinajstić information content (AvgIpc) is 3.36. The number of aromatic amines is 1. The van der Waals surface area contributed by atoms with Gasteiger partial charge in [-0.15, -0.1) is 0 Å². The SMILES string of the molecule is CCn1c2ccccc2c2cc(/C=N/NC(=O)CSc3nc4ccccc4[nH]3)ccc21. The Hall–Kier alpha value is -3.58. The van der Waals surface area contributed by atoms with Crippen molar-refractivity contribution in [3.63, 3.8) is 0 Å². The summed E-state index contributed by atoms with van der Waals surface area (Å²) in [5.74, 6) is 0.0607. The molecule has 0 aliphatic heterocycles. The minimum atomic E-state index is -0.176. The molecule has 0 saturated carbocycles. The third-order valence-corrected chi connectivity index (χ3v) is 6.10. The first kappa shape index (κ1) is 19.4. The van der Waals surface area contributed by atoms with Gasteiger partial charge in [-0.2, -0.15) is 5.10 Å². The van der Waals surface area contributed by atoms with E-state index in [0.29, 0.717) is 0 Å². The summed E-state index contributed by atoms with van der Waals surface area (Å²) in [4.78, 5) is 19.8. The van der Waals surface area contributed by atoms with Crippen LogP contribution in [0.5, 0.6) is 0 Å².